The van der Waals surface area contributed by atoms with Crippen LogP contribution in [0.3, 0.4) is 0 Å². The van der Waals surface area contributed by atoms with E-state index in [4.69, 9.17) is 11.6 Å². The lowest BCUT2D eigenvalue weighted by Crippen LogP contribution is -2.52. The third-order valence-corrected chi connectivity index (χ3v) is 5.10. The maximum absolute atomic E-state index is 13.9. The van der Waals surface area contributed by atoms with Crippen molar-refractivity contribution in [3.63, 3.8) is 0 Å². The Bertz CT molecular complexity index is 862. The molecule has 0 aromatic heterocycles. The molecule has 1 aliphatic rings. The molecule has 136 valence electrons. The molecule has 1 saturated heterocycles. The van der Waals surface area contributed by atoms with Crippen LogP contribution in [-0.4, -0.2) is 29.1 Å². The number of anilines is 1. The number of halogens is 3. The maximum Gasteiger partial charge on any atom is 0.268 e. The molecular formula is C18H15BrClFN2O3. The van der Waals surface area contributed by atoms with E-state index in [1.807, 2.05) is 0 Å². The largest absolute Gasteiger partial charge is 0.372 e. The van der Waals surface area contributed by atoms with Crippen molar-refractivity contribution in [1.29, 1.82) is 0 Å². The second kappa shape index (κ2) is 7.34. The molecule has 1 atom stereocenters. The molecule has 0 spiro atoms. The van der Waals surface area contributed by atoms with Gasteiger partial charge in [-0.3, -0.25) is 9.59 Å². The van der Waals surface area contributed by atoms with Crippen LogP contribution in [0, 0.1) is 5.82 Å². The summed E-state index contributed by atoms with van der Waals surface area (Å²) in [5.41, 5.74) is -1.42. The van der Waals surface area contributed by atoms with E-state index in [1.165, 1.54) is 17.0 Å². The van der Waals surface area contributed by atoms with Crippen LogP contribution in [0.4, 0.5) is 10.1 Å². The Hall–Kier alpha value is -1.96. The highest BCUT2D eigenvalue weighted by Crippen LogP contribution is 2.29. The number of carbonyl (C=O) groups excluding carboxylic acids is 2. The number of hydrogen-bond acceptors (Lipinski definition) is 3. The second-order valence-corrected chi connectivity index (χ2v) is 7.26. The summed E-state index contributed by atoms with van der Waals surface area (Å²) in [6, 6.07) is 11.4. The van der Waals surface area contributed by atoms with Crippen molar-refractivity contribution in [2.24, 2.45) is 0 Å². The lowest BCUT2D eigenvalue weighted by molar-refractivity contribution is -0.149. The first-order chi connectivity index (χ1) is 12.3. The molecule has 0 bridgehead atoms. The highest BCUT2D eigenvalue weighted by Gasteiger charge is 2.51. The van der Waals surface area contributed by atoms with Crippen LogP contribution in [-0.2, 0) is 16.1 Å². The number of benzene rings is 2. The van der Waals surface area contributed by atoms with Crippen LogP contribution in [0.15, 0.2) is 46.9 Å². The summed E-state index contributed by atoms with van der Waals surface area (Å²) in [5, 5.41) is 12.9. The van der Waals surface area contributed by atoms with Crippen molar-refractivity contribution >= 4 is 45.0 Å². The van der Waals surface area contributed by atoms with Gasteiger partial charge in [0, 0.05) is 35.2 Å². The molecular weight excluding hydrogens is 427 g/mol. The van der Waals surface area contributed by atoms with E-state index in [0.717, 1.165) is 4.47 Å². The first kappa shape index (κ1) is 18.8. The quantitative estimate of drug-likeness (QED) is 0.717. The fourth-order valence-corrected chi connectivity index (χ4v) is 3.25. The predicted octanol–water partition coefficient (Wildman–Crippen LogP) is 3.03. The Kier molecular flexibility index (Phi) is 5.32. The average Bonchev–Trinajstić information content (AvgIpc) is 2.93. The summed E-state index contributed by atoms with van der Waals surface area (Å²) < 4.78 is 14.7. The number of rotatable bonds is 4. The number of carbonyl (C=O) groups is 2. The summed E-state index contributed by atoms with van der Waals surface area (Å²) in [7, 11) is 0. The summed E-state index contributed by atoms with van der Waals surface area (Å²) in [5.74, 6) is -2.21. The monoisotopic (exact) mass is 440 g/mol. The van der Waals surface area contributed by atoms with Gasteiger partial charge in [-0.25, -0.2) is 4.39 Å². The number of nitrogens with one attached hydrogen (secondary N) is 1. The van der Waals surface area contributed by atoms with Gasteiger partial charge in [-0.2, -0.15) is 0 Å². The lowest BCUT2D eigenvalue weighted by atomic mass is 10.0. The Labute approximate surface area is 162 Å². The molecule has 1 fully saturated rings. The van der Waals surface area contributed by atoms with E-state index in [-0.39, 0.29) is 30.1 Å². The molecule has 2 aromatic rings. The third kappa shape index (κ3) is 3.47. The number of hydrogen-bond donors (Lipinski definition) is 2. The van der Waals surface area contributed by atoms with Gasteiger partial charge >= 0.3 is 0 Å². The fraction of sp³-hybridized carbons (Fsp3) is 0.222. The van der Waals surface area contributed by atoms with Crippen molar-refractivity contribution in [2.75, 3.05) is 11.4 Å². The Morgan fingerprint density at radius 1 is 1.31 bits per heavy atom. The second-order valence-electron chi connectivity index (χ2n) is 5.94. The maximum atomic E-state index is 13.9. The van der Waals surface area contributed by atoms with Crippen LogP contribution in [0.5, 0.6) is 0 Å². The highest BCUT2D eigenvalue weighted by atomic mass is 79.9. The van der Waals surface area contributed by atoms with Crippen LogP contribution in [0.1, 0.15) is 12.0 Å². The number of aliphatic hydroxyl groups is 1. The summed E-state index contributed by atoms with van der Waals surface area (Å²) in [6.45, 7) is 0.0228. The van der Waals surface area contributed by atoms with Gasteiger partial charge in [-0.05, 0) is 30.3 Å². The van der Waals surface area contributed by atoms with Gasteiger partial charge in [0.15, 0.2) is 0 Å². The molecule has 0 unspecified atom stereocenters. The zero-order valence-corrected chi connectivity index (χ0v) is 15.8. The molecule has 26 heavy (non-hydrogen) atoms. The minimum atomic E-state index is -2.18. The Morgan fingerprint density at radius 3 is 2.69 bits per heavy atom. The average molecular weight is 442 g/mol. The van der Waals surface area contributed by atoms with Gasteiger partial charge in [0.2, 0.25) is 5.60 Å². The van der Waals surface area contributed by atoms with Gasteiger partial charge < -0.3 is 15.3 Å². The van der Waals surface area contributed by atoms with Crippen molar-refractivity contribution in [3.8, 4) is 0 Å². The van der Waals surface area contributed by atoms with Crippen LogP contribution in [0.2, 0.25) is 5.02 Å². The predicted molar refractivity (Wildman–Crippen MR) is 99.3 cm³/mol. The van der Waals surface area contributed by atoms with Gasteiger partial charge in [-0.1, -0.05) is 39.7 Å². The zero-order valence-electron chi connectivity index (χ0n) is 13.5. The molecule has 1 aliphatic heterocycles. The molecule has 2 amide bonds. The van der Waals surface area contributed by atoms with Crippen LogP contribution in [0.25, 0.3) is 0 Å². The topological polar surface area (TPSA) is 69.6 Å². The summed E-state index contributed by atoms with van der Waals surface area (Å²) in [6.07, 6.45) is -0.0498. The first-order valence-electron chi connectivity index (χ1n) is 7.84. The zero-order chi connectivity index (χ0) is 18.9. The molecule has 0 radical (unpaired) electrons. The van der Waals surface area contributed by atoms with E-state index in [0.29, 0.717) is 5.69 Å². The van der Waals surface area contributed by atoms with Gasteiger partial charge in [-0.15, -0.1) is 0 Å². The minimum absolute atomic E-state index is 0.0498. The van der Waals surface area contributed by atoms with Crippen LogP contribution < -0.4 is 10.2 Å². The van der Waals surface area contributed by atoms with Gasteiger partial charge in [0.1, 0.15) is 5.82 Å². The standard InChI is InChI=1S/C18H15BrClFN2O3/c19-12-4-6-13(7-5-12)23-9-8-18(26,17(23)25)16(24)22-10-11-2-1-3-14(20)15(11)21/h1-7,26H,8-10H2,(H,22,24)/t18-/m0/s1. The molecule has 1 heterocycles. The lowest BCUT2D eigenvalue weighted by Gasteiger charge is -2.22. The Balaban J connectivity index is 1.71. The van der Waals surface area contributed by atoms with Gasteiger partial charge in [0.25, 0.3) is 11.8 Å². The molecule has 8 heteroatoms. The van der Waals surface area contributed by atoms with Crippen molar-refractivity contribution in [3.05, 3.63) is 63.3 Å². The third-order valence-electron chi connectivity index (χ3n) is 4.28. The highest BCUT2D eigenvalue weighted by molar-refractivity contribution is 9.10. The molecule has 2 N–H and O–H groups in total. The molecule has 2 aromatic carbocycles. The van der Waals surface area contributed by atoms with Crippen molar-refractivity contribution in [2.45, 2.75) is 18.6 Å². The van der Waals surface area contributed by atoms with Crippen molar-refractivity contribution < 1.29 is 19.1 Å². The van der Waals surface area contributed by atoms with E-state index < -0.39 is 23.2 Å². The van der Waals surface area contributed by atoms with E-state index in [2.05, 4.69) is 21.2 Å². The van der Waals surface area contributed by atoms with E-state index in [1.54, 1.807) is 30.3 Å². The van der Waals surface area contributed by atoms with Gasteiger partial charge in [0.05, 0.1) is 5.02 Å². The fourth-order valence-electron chi connectivity index (χ4n) is 2.79. The van der Waals surface area contributed by atoms with Crippen molar-refractivity contribution in [1.82, 2.24) is 5.32 Å². The molecule has 3 rings (SSSR count). The smallest absolute Gasteiger partial charge is 0.268 e. The van der Waals surface area contributed by atoms with E-state index in [9.17, 15) is 19.1 Å². The van der Waals surface area contributed by atoms with Crippen LogP contribution >= 0.6 is 27.5 Å². The first-order valence-corrected chi connectivity index (χ1v) is 9.01. The van der Waals surface area contributed by atoms with E-state index >= 15 is 0 Å². The number of amides is 2. The summed E-state index contributed by atoms with van der Waals surface area (Å²) >= 11 is 9.02. The number of nitrogens with zero attached hydrogens (tertiary/aromatic N) is 1. The SMILES string of the molecule is O=C(NCc1cccc(Cl)c1F)[C@@]1(O)CCN(c2ccc(Br)cc2)C1=O. The minimum Gasteiger partial charge on any atom is -0.372 e. The normalized spacial score (nSPS) is 19.7. The molecule has 5 nitrogen and oxygen atoms in total. The Morgan fingerprint density at radius 2 is 2.00 bits per heavy atom. The summed E-state index contributed by atoms with van der Waals surface area (Å²) in [4.78, 5) is 26.4. The molecule has 0 saturated carbocycles. The molecule has 0 aliphatic carbocycles.